The molecule has 3 aromatic carbocycles. The molecule has 2 N–H and O–H groups in total. The molecular weight excluding hydrogens is 380 g/mol. The van der Waals surface area contributed by atoms with E-state index in [1.807, 2.05) is 42.5 Å². The van der Waals surface area contributed by atoms with Crippen molar-refractivity contribution in [3.63, 3.8) is 0 Å². The van der Waals surface area contributed by atoms with Gasteiger partial charge in [-0.25, -0.2) is 10.2 Å². The fourth-order valence-corrected chi connectivity index (χ4v) is 3.18. The van der Waals surface area contributed by atoms with Crippen LogP contribution in [-0.2, 0) is 11.2 Å². The number of hydrazone groups is 1. The molecule has 0 unspecified atom stereocenters. The first kappa shape index (κ1) is 19.1. The highest BCUT2D eigenvalue weighted by Crippen LogP contribution is 2.22. The number of furan rings is 1. The Kier molecular flexibility index (Phi) is 5.39. The Hall–Kier alpha value is -4.19. The summed E-state index contributed by atoms with van der Waals surface area (Å²) < 4.78 is 5.68. The van der Waals surface area contributed by atoms with Gasteiger partial charge in [0.15, 0.2) is 0 Å². The lowest BCUT2D eigenvalue weighted by atomic mass is 10.0. The van der Waals surface area contributed by atoms with Gasteiger partial charge in [-0.15, -0.1) is 0 Å². The number of carboxylic acid groups (broad SMARTS) is 1. The molecule has 1 heterocycles. The van der Waals surface area contributed by atoms with Crippen molar-refractivity contribution in [2.45, 2.75) is 6.42 Å². The van der Waals surface area contributed by atoms with Gasteiger partial charge < -0.3 is 9.52 Å². The van der Waals surface area contributed by atoms with Crippen LogP contribution in [0.25, 0.3) is 22.1 Å². The topological polar surface area (TPSA) is 91.9 Å². The predicted octanol–water partition coefficient (Wildman–Crippen LogP) is 4.49. The molecule has 0 saturated carbocycles. The maximum absolute atomic E-state index is 12.3. The van der Waals surface area contributed by atoms with Crippen LogP contribution in [0.5, 0.6) is 0 Å². The van der Waals surface area contributed by atoms with E-state index < -0.39 is 5.97 Å². The summed E-state index contributed by atoms with van der Waals surface area (Å²) in [6.45, 7) is 0. The quantitative estimate of drug-likeness (QED) is 0.370. The van der Waals surface area contributed by atoms with Crippen LogP contribution in [0, 0.1) is 0 Å². The molecule has 6 nitrogen and oxygen atoms in total. The van der Waals surface area contributed by atoms with Crippen molar-refractivity contribution in [1.82, 2.24) is 5.43 Å². The molecular formula is C24H18N2O4. The number of amides is 1. The minimum Gasteiger partial charge on any atom is -0.478 e. The highest BCUT2D eigenvalue weighted by atomic mass is 16.4. The number of nitrogens with zero attached hydrogens (tertiary/aromatic N) is 1. The van der Waals surface area contributed by atoms with Gasteiger partial charge in [-0.2, -0.15) is 5.10 Å². The van der Waals surface area contributed by atoms with Gasteiger partial charge in [-0.05, 0) is 40.6 Å². The maximum atomic E-state index is 12.3. The van der Waals surface area contributed by atoms with Gasteiger partial charge in [0.1, 0.15) is 11.5 Å². The average Bonchev–Trinajstić information content (AvgIpc) is 3.23. The number of aromatic carboxylic acids is 1. The fraction of sp³-hybridized carbons (Fsp3) is 0.0417. The van der Waals surface area contributed by atoms with Crippen LogP contribution >= 0.6 is 0 Å². The third-order valence-electron chi connectivity index (χ3n) is 4.66. The van der Waals surface area contributed by atoms with E-state index in [-0.39, 0.29) is 17.9 Å². The zero-order chi connectivity index (χ0) is 20.9. The van der Waals surface area contributed by atoms with Crippen LogP contribution in [0.3, 0.4) is 0 Å². The third kappa shape index (κ3) is 4.28. The standard InChI is InChI=1S/C24H18N2O4/c27-23(14-19-6-3-5-16-4-1-2-7-21(16)19)26-25-15-20-12-13-22(30-20)17-8-10-18(11-9-17)24(28)29/h1-13,15H,14H2,(H,26,27)(H,28,29). The van der Waals surface area contributed by atoms with E-state index in [1.165, 1.54) is 18.3 Å². The summed E-state index contributed by atoms with van der Waals surface area (Å²) in [5.74, 6) is -0.153. The van der Waals surface area contributed by atoms with E-state index in [0.717, 1.165) is 21.9 Å². The number of carboxylic acids is 1. The second-order valence-electron chi connectivity index (χ2n) is 6.69. The summed E-state index contributed by atoms with van der Waals surface area (Å²) in [5, 5.41) is 15.1. The minimum atomic E-state index is -0.979. The largest absolute Gasteiger partial charge is 0.478 e. The van der Waals surface area contributed by atoms with Crippen LogP contribution in [0.2, 0.25) is 0 Å². The highest BCUT2D eigenvalue weighted by molar-refractivity contribution is 5.91. The minimum absolute atomic E-state index is 0.209. The predicted molar refractivity (Wildman–Crippen MR) is 114 cm³/mol. The fourth-order valence-electron chi connectivity index (χ4n) is 3.18. The Morgan fingerprint density at radius 3 is 2.50 bits per heavy atom. The van der Waals surface area contributed by atoms with Crippen molar-refractivity contribution < 1.29 is 19.1 Å². The lowest BCUT2D eigenvalue weighted by Gasteiger charge is -2.05. The molecule has 0 atom stereocenters. The van der Waals surface area contributed by atoms with E-state index in [0.29, 0.717) is 11.5 Å². The van der Waals surface area contributed by atoms with Crippen molar-refractivity contribution in [1.29, 1.82) is 0 Å². The zero-order valence-electron chi connectivity index (χ0n) is 15.9. The smallest absolute Gasteiger partial charge is 0.335 e. The summed E-state index contributed by atoms with van der Waals surface area (Å²) >= 11 is 0. The first-order valence-electron chi connectivity index (χ1n) is 9.32. The van der Waals surface area contributed by atoms with E-state index in [2.05, 4.69) is 10.5 Å². The number of hydrogen-bond acceptors (Lipinski definition) is 4. The van der Waals surface area contributed by atoms with Crippen LogP contribution in [-0.4, -0.2) is 23.2 Å². The summed E-state index contributed by atoms with van der Waals surface area (Å²) in [5.41, 5.74) is 4.41. The Balaban J connectivity index is 1.39. The maximum Gasteiger partial charge on any atom is 0.335 e. The van der Waals surface area contributed by atoms with Crippen LogP contribution in [0.1, 0.15) is 21.7 Å². The number of hydrogen-bond donors (Lipinski definition) is 2. The number of nitrogens with one attached hydrogen (secondary N) is 1. The zero-order valence-corrected chi connectivity index (χ0v) is 15.9. The molecule has 0 fully saturated rings. The van der Waals surface area contributed by atoms with Gasteiger partial charge >= 0.3 is 5.97 Å². The van der Waals surface area contributed by atoms with Crippen LogP contribution < -0.4 is 5.43 Å². The number of benzene rings is 3. The van der Waals surface area contributed by atoms with E-state index >= 15 is 0 Å². The highest BCUT2D eigenvalue weighted by Gasteiger charge is 2.08. The van der Waals surface area contributed by atoms with Crippen molar-refractivity contribution >= 4 is 28.9 Å². The van der Waals surface area contributed by atoms with E-state index in [1.54, 1.807) is 24.3 Å². The number of fused-ring (bicyclic) bond motifs is 1. The molecule has 0 saturated heterocycles. The number of carbonyl (C=O) groups is 2. The molecule has 0 aliphatic heterocycles. The van der Waals surface area contributed by atoms with Gasteiger partial charge in [-0.3, -0.25) is 4.79 Å². The molecule has 0 aliphatic carbocycles. The molecule has 30 heavy (non-hydrogen) atoms. The second kappa shape index (κ2) is 8.45. The first-order chi connectivity index (χ1) is 14.6. The van der Waals surface area contributed by atoms with Crippen molar-refractivity contribution in [3.05, 3.63) is 95.7 Å². The normalized spacial score (nSPS) is 11.1. The van der Waals surface area contributed by atoms with E-state index in [4.69, 9.17) is 9.52 Å². The molecule has 0 radical (unpaired) electrons. The van der Waals surface area contributed by atoms with Gasteiger partial charge in [0, 0.05) is 5.56 Å². The molecule has 1 amide bonds. The molecule has 1 aromatic heterocycles. The monoisotopic (exact) mass is 398 g/mol. The third-order valence-corrected chi connectivity index (χ3v) is 4.66. The van der Waals surface area contributed by atoms with Gasteiger partial charge in [0.25, 0.3) is 0 Å². The summed E-state index contributed by atoms with van der Waals surface area (Å²) in [4.78, 5) is 23.2. The number of carbonyl (C=O) groups excluding carboxylic acids is 1. The Labute approximate surface area is 172 Å². The Morgan fingerprint density at radius 2 is 1.70 bits per heavy atom. The molecule has 4 aromatic rings. The Bertz CT molecular complexity index is 1230. The Morgan fingerprint density at radius 1 is 0.933 bits per heavy atom. The average molecular weight is 398 g/mol. The molecule has 0 spiro atoms. The van der Waals surface area contributed by atoms with Gasteiger partial charge in [-0.1, -0.05) is 54.6 Å². The second-order valence-corrected chi connectivity index (χ2v) is 6.69. The first-order valence-corrected chi connectivity index (χ1v) is 9.32. The number of rotatable bonds is 6. The molecule has 6 heteroatoms. The lowest BCUT2D eigenvalue weighted by molar-refractivity contribution is -0.120. The van der Waals surface area contributed by atoms with Crippen LogP contribution in [0.15, 0.2) is 88.4 Å². The molecule has 0 bridgehead atoms. The van der Waals surface area contributed by atoms with Crippen molar-refractivity contribution in [3.8, 4) is 11.3 Å². The van der Waals surface area contributed by atoms with Crippen molar-refractivity contribution in [2.75, 3.05) is 0 Å². The molecule has 4 rings (SSSR count). The van der Waals surface area contributed by atoms with Crippen LogP contribution in [0.4, 0.5) is 0 Å². The molecule has 148 valence electrons. The lowest BCUT2D eigenvalue weighted by Crippen LogP contribution is -2.19. The summed E-state index contributed by atoms with van der Waals surface area (Å²) in [7, 11) is 0. The summed E-state index contributed by atoms with van der Waals surface area (Å²) in [6.07, 6.45) is 1.65. The van der Waals surface area contributed by atoms with Gasteiger partial charge in [0.2, 0.25) is 5.91 Å². The van der Waals surface area contributed by atoms with Gasteiger partial charge in [0.05, 0.1) is 18.2 Å². The van der Waals surface area contributed by atoms with Crippen molar-refractivity contribution in [2.24, 2.45) is 5.10 Å². The summed E-state index contributed by atoms with van der Waals surface area (Å²) in [6, 6.07) is 23.7. The molecule has 0 aliphatic rings. The SMILES string of the molecule is O=C(Cc1cccc2ccccc12)NN=Cc1ccc(-c2ccc(C(=O)O)cc2)o1. The van der Waals surface area contributed by atoms with E-state index in [9.17, 15) is 9.59 Å².